The molecule has 1 aromatic rings. The quantitative estimate of drug-likeness (QED) is 0.489. The van der Waals surface area contributed by atoms with Crippen LogP contribution < -0.4 is 11.5 Å². The summed E-state index contributed by atoms with van der Waals surface area (Å²) in [7, 11) is 0. The predicted octanol–water partition coefficient (Wildman–Crippen LogP) is 0.0526. The first-order valence-electron chi connectivity index (χ1n) is 3.65. The largest absolute Gasteiger partial charge is 0.370 e. The molecule has 4 N–H and O–H groups in total. The van der Waals surface area contributed by atoms with Gasteiger partial charge in [-0.1, -0.05) is 6.07 Å². The van der Waals surface area contributed by atoms with Crippen LogP contribution in [0.1, 0.15) is 5.69 Å². The molecule has 0 amide bonds. The highest BCUT2D eigenvalue weighted by Crippen LogP contribution is 2.07. The molecule has 5 nitrogen and oxygen atoms in total. The van der Waals surface area contributed by atoms with Crippen molar-refractivity contribution in [3.05, 3.63) is 23.9 Å². The van der Waals surface area contributed by atoms with Gasteiger partial charge >= 0.3 is 0 Å². The van der Waals surface area contributed by atoms with Gasteiger partial charge in [0.2, 0.25) is 0 Å². The summed E-state index contributed by atoms with van der Waals surface area (Å²) in [4.78, 5) is 7.79. The molecule has 13 heavy (non-hydrogen) atoms. The maximum absolute atomic E-state index is 8.42. The Morgan fingerprint density at radius 1 is 1.54 bits per heavy atom. The Morgan fingerprint density at radius 3 is 2.92 bits per heavy atom. The summed E-state index contributed by atoms with van der Waals surface area (Å²) in [5, 5.41) is 8.42. The number of hydrogen-bond donors (Lipinski definition) is 2. The van der Waals surface area contributed by atoms with Gasteiger partial charge in [-0.25, -0.2) is 4.98 Å². The highest BCUT2D eigenvalue weighted by Gasteiger charge is 1.95. The average Bonchev–Trinajstić information content (AvgIpc) is 2.04. The van der Waals surface area contributed by atoms with Crippen LogP contribution in [0.15, 0.2) is 23.2 Å². The van der Waals surface area contributed by atoms with Crippen molar-refractivity contribution in [3.63, 3.8) is 0 Å². The molecule has 0 radical (unpaired) electrons. The zero-order valence-corrected chi connectivity index (χ0v) is 6.94. The van der Waals surface area contributed by atoms with Gasteiger partial charge in [0.05, 0.1) is 18.2 Å². The van der Waals surface area contributed by atoms with Crippen molar-refractivity contribution in [1.82, 2.24) is 4.98 Å². The Hall–Kier alpha value is -2.09. The predicted molar refractivity (Wildman–Crippen MR) is 49.0 cm³/mol. The number of aliphatic imine (C=N–C) groups is 1. The lowest BCUT2D eigenvalue weighted by atomic mass is 10.3. The molecule has 0 unspecified atom stereocenters. The van der Waals surface area contributed by atoms with E-state index in [9.17, 15) is 0 Å². The monoisotopic (exact) mass is 175 g/mol. The number of rotatable bonds is 2. The molecule has 0 atom stereocenters. The normalized spacial score (nSPS) is 8.85. The molecular weight excluding hydrogens is 166 g/mol. The van der Waals surface area contributed by atoms with Crippen LogP contribution in [0, 0.1) is 11.3 Å². The van der Waals surface area contributed by atoms with Gasteiger partial charge in [-0.3, -0.25) is 0 Å². The summed E-state index contributed by atoms with van der Waals surface area (Å²) in [5.41, 5.74) is 11.0. The van der Waals surface area contributed by atoms with Gasteiger partial charge in [0.25, 0.3) is 0 Å². The number of pyridine rings is 1. The van der Waals surface area contributed by atoms with Crippen molar-refractivity contribution < 1.29 is 0 Å². The van der Waals surface area contributed by atoms with E-state index in [0.29, 0.717) is 11.5 Å². The number of aromatic nitrogens is 1. The van der Waals surface area contributed by atoms with Crippen LogP contribution in [0.25, 0.3) is 0 Å². The standard InChI is InChI=1S/C8H9N5/c9-5-4-6-2-1-3-7(12-6)13-8(10)11/h1-3H,4H2,(H4,10,11,12,13). The number of nitriles is 1. The molecule has 0 aromatic carbocycles. The molecule has 0 spiro atoms. The zero-order valence-electron chi connectivity index (χ0n) is 6.94. The van der Waals surface area contributed by atoms with Gasteiger partial charge in [-0.15, -0.1) is 0 Å². The van der Waals surface area contributed by atoms with Crippen LogP contribution in [0.2, 0.25) is 0 Å². The summed E-state index contributed by atoms with van der Waals surface area (Å²) in [5.74, 6) is 0.384. The second-order valence-corrected chi connectivity index (χ2v) is 2.36. The highest BCUT2D eigenvalue weighted by molar-refractivity contribution is 5.78. The Kier molecular flexibility index (Phi) is 2.82. The van der Waals surface area contributed by atoms with E-state index < -0.39 is 0 Å². The molecule has 0 bridgehead atoms. The Labute approximate surface area is 75.7 Å². The molecular formula is C8H9N5. The second-order valence-electron chi connectivity index (χ2n) is 2.36. The lowest BCUT2D eigenvalue weighted by Crippen LogP contribution is -2.22. The number of hydrogen-bond acceptors (Lipinski definition) is 3. The van der Waals surface area contributed by atoms with E-state index in [4.69, 9.17) is 16.7 Å². The molecule has 1 rings (SSSR count). The lowest BCUT2D eigenvalue weighted by Gasteiger charge is -1.96. The molecule has 0 saturated heterocycles. The molecule has 5 heteroatoms. The molecule has 1 aromatic heterocycles. The van der Waals surface area contributed by atoms with Gasteiger partial charge in [0.15, 0.2) is 11.8 Å². The number of nitrogens with two attached hydrogens (primary N) is 2. The van der Waals surface area contributed by atoms with E-state index in [-0.39, 0.29) is 12.4 Å². The van der Waals surface area contributed by atoms with Crippen molar-refractivity contribution in [1.29, 1.82) is 5.26 Å². The molecule has 0 fully saturated rings. The molecule has 0 aliphatic carbocycles. The van der Waals surface area contributed by atoms with Crippen LogP contribution in [0.4, 0.5) is 5.82 Å². The fourth-order valence-corrected chi connectivity index (χ4v) is 0.841. The van der Waals surface area contributed by atoms with Gasteiger partial charge in [-0.2, -0.15) is 10.3 Å². The second kappa shape index (κ2) is 4.07. The zero-order chi connectivity index (χ0) is 9.68. The average molecular weight is 175 g/mol. The summed E-state index contributed by atoms with van der Waals surface area (Å²) in [6.45, 7) is 0. The fourth-order valence-electron chi connectivity index (χ4n) is 0.841. The first-order valence-corrected chi connectivity index (χ1v) is 3.65. The maximum Gasteiger partial charge on any atom is 0.192 e. The summed E-state index contributed by atoms with van der Waals surface area (Å²) >= 11 is 0. The Balaban J connectivity index is 2.93. The molecule has 0 saturated carbocycles. The molecule has 66 valence electrons. The van der Waals surface area contributed by atoms with E-state index in [1.807, 2.05) is 6.07 Å². The SMILES string of the molecule is N#CCc1cccc(N=C(N)N)n1. The number of nitrogens with zero attached hydrogens (tertiary/aromatic N) is 3. The van der Waals surface area contributed by atoms with E-state index >= 15 is 0 Å². The molecule has 0 aliphatic heterocycles. The van der Waals surface area contributed by atoms with Crippen molar-refractivity contribution in [2.75, 3.05) is 0 Å². The Morgan fingerprint density at radius 2 is 2.31 bits per heavy atom. The third-order valence-corrected chi connectivity index (χ3v) is 1.30. The van der Waals surface area contributed by atoms with Crippen LogP contribution in [0.5, 0.6) is 0 Å². The van der Waals surface area contributed by atoms with Crippen molar-refractivity contribution >= 4 is 11.8 Å². The minimum absolute atomic E-state index is 0.0402. The minimum atomic E-state index is -0.0402. The molecule has 1 heterocycles. The topological polar surface area (TPSA) is 101 Å². The third-order valence-electron chi connectivity index (χ3n) is 1.30. The smallest absolute Gasteiger partial charge is 0.192 e. The van der Waals surface area contributed by atoms with Crippen LogP contribution >= 0.6 is 0 Å². The first-order chi connectivity index (χ1) is 6.22. The van der Waals surface area contributed by atoms with Crippen molar-refractivity contribution in [2.24, 2.45) is 16.5 Å². The van der Waals surface area contributed by atoms with Crippen LogP contribution in [-0.4, -0.2) is 10.9 Å². The Bertz CT molecular complexity index is 359. The van der Waals surface area contributed by atoms with E-state index in [1.165, 1.54) is 0 Å². The lowest BCUT2D eigenvalue weighted by molar-refractivity contribution is 1.10. The summed E-state index contributed by atoms with van der Waals surface area (Å²) in [6, 6.07) is 7.15. The highest BCUT2D eigenvalue weighted by atomic mass is 15.0. The number of guanidine groups is 1. The van der Waals surface area contributed by atoms with Crippen LogP contribution in [-0.2, 0) is 6.42 Å². The van der Waals surface area contributed by atoms with E-state index in [2.05, 4.69) is 9.98 Å². The van der Waals surface area contributed by atoms with Gasteiger partial charge < -0.3 is 11.5 Å². The summed E-state index contributed by atoms with van der Waals surface area (Å²) in [6.07, 6.45) is 0.258. The minimum Gasteiger partial charge on any atom is -0.370 e. The van der Waals surface area contributed by atoms with Crippen LogP contribution in [0.3, 0.4) is 0 Å². The van der Waals surface area contributed by atoms with Crippen molar-refractivity contribution in [3.8, 4) is 6.07 Å². The van der Waals surface area contributed by atoms with Gasteiger partial charge in [0, 0.05) is 0 Å². The summed E-state index contributed by atoms with van der Waals surface area (Å²) < 4.78 is 0. The van der Waals surface area contributed by atoms with Gasteiger partial charge in [0.1, 0.15) is 0 Å². The third kappa shape index (κ3) is 2.79. The van der Waals surface area contributed by atoms with E-state index in [1.54, 1.807) is 18.2 Å². The van der Waals surface area contributed by atoms with E-state index in [0.717, 1.165) is 0 Å². The van der Waals surface area contributed by atoms with Crippen molar-refractivity contribution in [2.45, 2.75) is 6.42 Å². The maximum atomic E-state index is 8.42. The first kappa shape index (κ1) is 9.00. The fraction of sp³-hybridized carbons (Fsp3) is 0.125. The molecule has 0 aliphatic rings. The van der Waals surface area contributed by atoms with Gasteiger partial charge in [-0.05, 0) is 12.1 Å².